The molecule has 3 aromatic rings. The fourth-order valence-electron chi connectivity index (χ4n) is 4.63. The van der Waals surface area contributed by atoms with Gasteiger partial charge in [-0.05, 0) is 56.2 Å². The first kappa shape index (κ1) is 19.9. The van der Waals surface area contributed by atoms with Gasteiger partial charge in [0.2, 0.25) is 11.2 Å². The first-order chi connectivity index (χ1) is 15.1. The van der Waals surface area contributed by atoms with Crippen molar-refractivity contribution in [2.24, 2.45) is 0 Å². The number of benzene rings is 2. The van der Waals surface area contributed by atoms with E-state index < -0.39 is 0 Å². The van der Waals surface area contributed by atoms with Crippen molar-refractivity contribution in [3.63, 3.8) is 0 Å². The van der Waals surface area contributed by atoms with E-state index in [1.165, 1.54) is 32.1 Å². The summed E-state index contributed by atoms with van der Waals surface area (Å²) in [6, 6.07) is 11.3. The summed E-state index contributed by atoms with van der Waals surface area (Å²) in [5.41, 5.74) is 1.38. The SMILES string of the molecule is COc1ccc(Oc2c(C)oc3c4c(ccc3c2=O)OCN(C2CCCCC2)C4)cc1. The van der Waals surface area contributed by atoms with E-state index in [4.69, 9.17) is 18.6 Å². The van der Waals surface area contributed by atoms with Crippen molar-refractivity contribution in [2.45, 2.75) is 51.6 Å². The topological polar surface area (TPSA) is 61.1 Å². The van der Waals surface area contributed by atoms with Crippen LogP contribution in [0, 0.1) is 6.92 Å². The van der Waals surface area contributed by atoms with Gasteiger partial charge in [-0.3, -0.25) is 9.69 Å². The van der Waals surface area contributed by atoms with Crippen LogP contribution in [0.4, 0.5) is 0 Å². The van der Waals surface area contributed by atoms with Gasteiger partial charge in [0.15, 0.2) is 0 Å². The Morgan fingerprint density at radius 2 is 1.74 bits per heavy atom. The van der Waals surface area contributed by atoms with Crippen LogP contribution in [-0.4, -0.2) is 24.8 Å². The smallest absolute Gasteiger partial charge is 0.235 e. The molecule has 0 N–H and O–H groups in total. The van der Waals surface area contributed by atoms with Crippen molar-refractivity contribution in [1.29, 1.82) is 0 Å². The Kier molecular flexibility index (Phi) is 5.32. The molecular weight excluding hydrogens is 394 g/mol. The summed E-state index contributed by atoms with van der Waals surface area (Å²) in [4.78, 5) is 15.7. The molecule has 0 atom stereocenters. The number of hydrogen-bond donors (Lipinski definition) is 0. The molecule has 1 aliphatic carbocycles. The third kappa shape index (κ3) is 3.76. The fourth-order valence-corrected chi connectivity index (χ4v) is 4.63. The Balaban J connectivity index is 1.50. The Hall–Kier alpha value is -2.99. The van der Waals surface area contributed by atoms with Gasteiger partial charge in [0.1, 0.15) is 35.3 Å². The Labute approximate surface area is 181 Å². The summed E-state index contributed by atoms with van der Waals surface area (Å²) in [6.07, 6.45) is 6.25. The van der Waals surface area contributed by atoms with E-state index in [0.717, 1.165) is 23.6 Å². The lowest BCUT2D eigenvalue weighted by molar-refractivity contribution is 0.0406. The number of rotatable bonds is 4. The Morgan fingerprint density at radius 1 is 1.00 bits per heavy atom. The summed E-state index contributed by atoms with van der Waals surface area (Å²) in [6.45, 7) is 3.09. The van der Waals surface area contributed by atoms with Crippen molar-refractivity contribution in [1.82, 2.24) is 4.90 Å². The van der Waals surface area contributed by atoms with Gasteiger partial charge in [-0.1, -0.05) is 19.3 Å². The molecule has 162 valence electrons. The van der Waals surface area contributed by atoms with E-state index in [1.54, 1.807) is 44.4 Å². The largest absolute Gasteiger partial charge is 0.497 e. The van der Waals surface area contributed by atoms with Crippen LogP contribution < -0.4 is 19.6 Å². The third-order valence-corrected chi connectivity index (χ3v) is 6.36. The molecule has 31 heavy (non-hydrogen) atoms. The highest BCUT2D eigenvalue weighted by Crippen LogP contribution is 2.36. The maximum absolute atomic E-state index is 13.3. The number of ether oxygens (including phenoxy) is 3. The minimum absolute atomic E-state index is 0.174. The van der Waals surface area contributed by atoms with Crippen LogP contribution in [0.3, 0.4) is 0 Å². The lowest BCUT2D eigenvalue weighted by Crippen LogP contribution is -2.41. The molecule has 0 unspecified atom stereocenters. The van der Waals surface area contributed by atoms with Crippen LogP contribution >= 0.6 is 0 Å². The van der Waals surface area contributed by atoms with Crippen LogP contribution in [0.2, 0.25) is 0 Å². The maximum atomic E-state index is 13.3. The number of methoxy groups -OCH3 is 1. The van der Waals surface area contributed by atoms with Crippen LogP contribution in [0.15, 0.2) is 45.6 Å². The van der Waals surface area contributed by atoms with Crippen molar-refractivity contribution in [3.05, 3.63) is 57.9 Å². The predicted octanol–water partition coefficient (Wildman–Crippen LogP) is 5.39. The Bertz CT molecular complexity index is 1150. The van der Waals surface area contributed by atoms with Gasteiger partial charge in [-0.15, -0.1) is 0 Å². The van der Waals surface area contributed by atoms with Gasteiger partial charge in [0, 0.05) is 12.6 Å². The second-order valence-corrected chi connectivity index (χ2v) is 8.33. The van der Waals surface area contributed by atoms with E-state index >= 15 is 0 Å². The van der Waals surface area contributed by atoms with E-state index in [0.29, 0.717) is 35.3 Å². The number of fused-ring (bicyclic) bond motifs is 3. The van der Waals surface area contributed by atoms with Crippen molar-refractivity contribution in [3.8, 4) is 23.0 Å². The second kappa shape index (κ2) is 8.27. The van der Waals surface area contributed by atoms with Crippen LogP contribution in [0.25, 0.3) is 11.0 Å². The molecule has 2 heterocycles. The van der Waals surface area contributed by atoms with E-state index in [9.17, 15) is 4.79 Å². The van der Waals surface area contributed by atoms with E-state index in [1.807, 2.05) is 6.07 Å². The summed E-state index contributed by atoms with van der Waals surface area (Å²) in [5, 5.41) is 0.516. The van der Waals surface area contributed by atoms with Gasteiger partial charge in [0.25, 0.3) is 0 Å². The Morgan fingerprint density at radius 3 is 2.48 bits per heavy atom. The molecule has 1 aromatic heterocycles. The molecule has 0 radical (unpaired) electrons. The number of aryl methyl sites for hydroxylation is 1. The van der Waals surface area contributed by atoms with E-state index in [2.05, 4.69) is 4.90 Å². The molecule has 1 saturated carbocycles. The highest BCUT2D eigenvalue weighted by Gasteiger charge is 2.29. The molecule has 2 aromatic carbocycles. The molecule has 6 heteroatoms. The predicted molar refractivity (Wildman–Crippen MR) is 118 cm³/mol. The van der Waals surface area contributed by atoms with Gasteiger partial charge in [-0.2, -0.15) is 0 Å². The number of hydrogen-bond acceptors (Lipinski definition) is 6. The summed E-state index contributed by atoms with van der Waals surface area (Å²) >= 11 is 0. The average molecular weight is 421 g/mol. The minimum Gasteiger partial charge on any atom is -0.497 e. The standard InChI is InChI=1S/C25H27NO5/c1-16-24(31-19-10-8-18(28-2)9-11-19)23(27)20-12-13-22-21(25(20)30-16)14-26(15-29-22)17-6-4-3-5-7-17/h8-13,17H,3-7,14-15H2,1-2H3. The molecule has 0 spiro atoms. The quantitative estimate of drug-likeness (QED) is 0.563. The molecule has 0 saturated heterocycles. The zero-order chi connectivity index (χ0) is 21.4. The highest BCUT2D eigenvalue weighted by atomic mass is 16.5. The zero-order valence-electron chi connectivity index (χ0n) is 18.0. The van der Waals surface area contributed by atoms with Gasteiger partial charge >= 0.3 is 0 Å². The second-order valence-electron chi connectivity index (χ2n) is 8.33. The average Bonchev–Trinajstić information content (AvgIpc) is 2.82. The van der Waals surface area contributed by atoms with Crippen LogP contribution in [0.1, 0.15) is 43.4 Å². The molecule has 2 aliphatic rings. The molecule has 0 amide bonds. The highest BCUT2D eigenvalue weighted by molar-refractivity contribution is 5.83. The molecule has 1 aliphatic heterocycles. The molecular formula is C25H27NO5. The summed E-state index contributed by atoms with van der Waals surface area (Å²) in [5.74, 6) is 2.74. The van der Waals surface area contributed by atoms with Gasteiger partial charge in [0.05, 0.1) is 18.1 Å². The zero-order valence-corrected chi connectivity index (χ0v) is 18.0. The molecule has 1 fully saturated rings. The third-order valence-electron chi connectivity index (χ3n) is 6.36. The monoisotopic (exact) mass is 421 g/mol. The normalized spacial score (nSPS) is 17.2. The van der Waals surface area contributed by atoms with Crippen LogP contribution in [-0.2, 0) is 6.54 Å². The van der Waals surface area contributed by atoms with Crippen molar-refractivity contribution in [2.75, 3.05) is 13.8 Å². The van der Waals surface area contributed by atoms with Crippen molar-refractivity contribution < 1.29 is 18.6 Å². The number of nitrogens with zero attached hydrogens (tertiary/aromatic N) is 1. The lowest BCUT2D eigenvalue weighted by Gasteiger charge is -2.37. The van der Waals surface area contributed by atoms with E-state index in [-0.39, 0.29) is 11.2 Å². The first-order valence-electron chi connectivity index (χ1n) is 10.9. The summed E-state index contributed by atoms with van der Waals surface area (Å²) in [7, 11) is 1.61. The first-order valence-corrected chi connectivity index (χ1v) is 10.9. The summed E-state index contributed by atoms with van der Waals surface area (Å²) < 4.78 is 23.3. The van der Waals surface area contributed by atoms with Crippen molar-refractivity contribution >= 4 is 11.0 Å². The lowest BCUT2D eigenvalue weighted by atomic mass is 9.93. The molecule has 6 nitrogen and oxygen atoms in total. The van der Waals surface area contributed by atoms with Crippen LogP contribution in [0.5, 0.6) is 23.0 Å². The minimum atomic E-state index is -0.174. The fraction of sp³-hybridized carbons (Fsp3) is 0.400. The van der Waals surface area contributed by atoms with Gasteiger partial charge < -0.3 is 18.6 Å². The maximum Gasteiger partial charge on any atom is 0.235 e. The van der Waals surface area contributed by atoms with Gasteiger partial charge in [-0.25, -0.2) is 0 Å². The molecule has 0 bridgehead atoms. The molecule has 5 rings (SSSR count).